The topological polar surface area (TPSA) is 92.0 Å². The van der Waals surface area contributed by atoms with Crippen LogP contribution < -0.4 is 4.74 Å². The molecule has 0 radical (unpaired) electrons. The Morgan fingerprint density at radius 1 is 0.976 bits per heavy atom. The maximum absolute atomic E-state index is 14.3. The van der Waals surface area contributed by atoms with E-state index in [4.69, 9.17) is 9.47 Å². The van der Waals surface area contributed by atoms with E-state index in [1.54, 1.807) is 0 Å². The van der Waals surface area contributed by atoms with Crippen molar-refractivity contribution >= 4 is 5.97 Å². The molecule has 2 aliphatic heterocycles. The van der Waals surface area contributed by atoms with E-state index in [0.29, 0.717) is 6.42 Å². The highest BCUT2D eigenvalue weighted by Gasteiger charge is 2.35. The second kappa shape index (κ2) is 11.5. The molecule has 42 heavy (non-hydrogen) atoms. The van der Waals surface area contributed by atoms with Gasteiger partial charge in [0.2, 0.25) is 0 Å². The second-order valence-electron chi connectivity index (χ2n) is 9.13. The van der Waals surface area contributed by atoms with Gasteiger partial charge in [0, 0.05) is 17.3 Å². The summed E-state index contributed by atoms with van der Waals surface area (Å²) in [5, 5.41) is 4.22. The predicted octanol–water partition coefficient (Wildman–Crippen LogP) is 6.36. The average Bonchev–Trinajstić information content (AvgIpc) is 3.40. The summed E-state index contributed by atoms with van der Waals surface area (Å²) >= 11 is 0. The fraction of sp³-hybridized carbons (Fsp3) is 0.207. The van der Waals surface area contributed by atoms with Gasteiger partial charge in [-0.1, -0.05) is 19.1 Å². The summed E-state index contributed by atoms with van der Waals surface area (Å²) in [6, 6.07) is 8.87. The number of imidazole rings is 1. The third kappa shape index (κ3) is 5.62. The van der Waals surface area contributed by atoms with Gasteiger partial charge in [0.05, 0.1) is 42.9 Å². The van der Waals surface area contributed by atoms with E-state index in [1.165, 1.54) is 66.8 Å². The first-order valence-corrected chi connectivity index (χ1v) is 12.6. The van der Waals surface area contributed by atoms with Gasteiger partial charge in [-0.15, -0.1) is 0 Å². The van der Waals surface area contributed by atoms with Crippen LogP contribution in [0.4, 0.5) is 22.0 Å². The van der Waals surface area contributed by atoms with Gasteiger partial charge in [-0.3, -0.25) is 9.67 Å². The lowest BCUT2D eigenvalue weighted by molar-refractivity contribution is -0.143. The molecule has 13 heteroatoms. The van der Waals surface area contributed by atoms with Gasteiger partial charge in [0.1, 0.15) is 17.1 Å². The van der Waals surface area contributed by atoms with Crippen molar-refractivity contribution in [1.29, 1.82) is 0 Å². The zero-order valence-corrected chi connectivity index (χ0v) is 22.2. The first-order valence-electron chi connectivity index (χ1n) is 12.6. The fourth-order valence-electron chi connectivity index (χ4n) is 4.30. The molecule has 1 atom stereocenters. The molecule has 0 saturated heterocycles. The first-order chi connectivity index (χ1) is 20.1. The van der Waals surface area contributed by atoms with Gasteiger partial charge in [-0.2, -0.15) is 18.3 Å². The number of carbonyl (C=O) groups excluding carboxylic acids is 1. The van der Waals surface area contributed by atoms with E-state index in [9.17, 15) is 26.7 Å². The number of esters is 1. The number of alkyl halides is 3. The number of rotatable bonds is 8. The van der Waals surface area contributed by atoms with Crippen LogP contribution in [0.5, 0.6) is 5.75 Å². The zero-order chi connectivity index (χ0) is 30.0. The number of hydrogen-bond acceptors (Lipinski definition) is 7. The third-order valence-electron chi connectivity index (χ3n) is 6.31. The Bertz CT molecular complexity index is 1710. The molecule has 0 bridgehead atoms. The summed E-state index contributed by atoms with van der Waals surface area (Å²) in [5.74, 6) is -2.89. The van der Waals surface area contributed by atoms with Gasteiger partial charge < -0.3 is 9.47 Å². The van der Waals surface area contributed by atoms with Crippen LogP contribution in [0.25, 0.3) is 34.0 Å². The molecule has 1 aromatic heterocycles. The largest absolute Gasteiger partial charge is 0.494 e. The number of carbonyl (C=O) groups is 1. The molecule has 0 fully saturated rings. The van der Waals surface area contributed by atoms with Gasteiger partial charge in [0.25, 0.3) is 0 Å². The average molecular weight is 584 g/mol. The highest BCUT2D eigenvalue weighted by molar-refractivity contribution is 5.78. The van der Waals surface area contributed by atoms with Gasteiger partial charge in [-0.05, 0) is 42.8 Å². The molecule has 0 N–H and O–H groups in total. The number of halogens is 5. The van der Waals surface area contributed by atoms with Crippen LogP contribution >= 0.6 is 0 Å². The number of fused-ring (bicyclic) bond motifs is 1. The summed E-state index contributed by atoms with van der Waals surface area (Å²) in [4.78, 5) is 25.5. The molecule has 3 aromatic rings. The van der Waals surface area contributed by atoms with Crippen molar-refractivity contribution in [2.75, 3.05) is 13.7 Å². The quantitative estimate of drug-likeness (QED) is 0.155. The lowest BCUT2D eigenvalue weighted by Crippen LogP contribution is -2.24. The van der Waals surface area contributed by atoms with Crippen molar-refractivity contribution in [3.63, 3.8) is 0 Å². The van der Waals surface area contributed by atoms with Crippen molar-refractivity contribution in [1.82, 2.24) is 24.7 Å². The van der Waals surface area contributed by atoms with Crippen LogP contribution in [0.2, 0.25) is 0 Å². The first kappa shape index (κ1) is 28.6. The number of aromatic nitrogens is 5. The second-order valence-corrected chi connectivity index (χ2v) is 9.13. The molecular weight excluding hydrogens is 561 g/mol. The van der Waals surface area contributed by atoms with Crippen molar-refractivity contribution in [3.8, 4) is 39.8 Å². The van der Waals surface area contributed by atoms with Gasteiger partial charge in [0.15, 0.2) is 23.5 Å². The van der Waals surface area contributed by atoms with E-state index >= 15 is 0 Å². The zero-order valence-electron chi connectivity index (χ0n) is 22.2. The number of methoxy groups -OCH3 is 1. The minimum Gasteiger partial charge on any atom is -0.494 e. The number of ether oxygens (including phenoxy) is 2. The molecule has 0 saturated carbocycles. The molecule has 1 unspecified atom stereocenters. The number of benzene rings is 2. The van der Waals surface area contributed by atoms with Gasteiger partial charge >= 0.3 is 12.1 Å². The molecule has 3 heterocycles. The van der Waals surface area contributed by atoms with Crippen LogP contribution in [0.1, 0.15) is 30.5 Å². The van der Waals surface area contributed by atoms with Crippen LogP contribution in [-0.4, -0.2) is 44.4 Å². The summed E-state index contributed by atoms with van der Waals surface area (Å²) < 4.78 is 81.2. The van der Waals surface area contributed by atoms with Crippen molar-refractivity contribution in [2.45, 2.75) is 25.6 Å². The fourth-order valence-corrected chi connectivity index (χ4v) is 4.30. The Kier molecular flexibility index (Phi) is 7.83. The molecular formula is C29H22F5N5O3. The Hall–Kier alpha value is -4.94. The minimum atomic E-state index is -4.67. The van der Waals surface area contributed by atoms with Crippen molar-refractivity contribution in [2.24, 2.45) is 0 Å². The van der Waals surface area contributed by atoms with E-state index in [2.05, 4.69) is 20.1 Å². The Morgan fingerprint density at radius 3 is 2.45 bits per heavy atom. The van der Waals surface area contributed by atoms with Crippen molar-refractivity contribution < 1.29 is 36.2 Å². The SMILES string of the molecule is CCCOc1ccc(-c2ccc(C(C(=O)OC)n3cc4nc(-c5cccc(F)c5F)nc-4cn3)cn2)c(C(F)(F)F)c1. The third-order valence-corrected chi connectivity index (χ3v) is 6.31. The smallest absolute Gasteiger partial charge is 0.417 e. The maximum Gasteiger partial charge on any atom is 0.417 e. The normalized spacial score (nSPS) is 12.4. The van der Waals surface area contributed by atoms with Crippen molar-refractivity contribution in [3.05, 3.63) is 89.9 Å². The number of hydrogen-bond donors (Lipinski definition) is 0. The van der Waals surface area contributed by atoms with Gasteiger partial charge in [-0.25, -0.2) is 23.5 Å². The summed E-state index contributed by atoms with van der Waals surface area (Å²) in [6.07, 6.45) is -0.118. The van der Waals surface area contributed by atoms with E-state index in [-0.39, 0.29) is 52.0 Å². The van der Waals surface area contributed by atoms with Crippen LogP contribution in [0.3, 0.4) is 0 Å². The molecule has 0 amide bonds. The van der Waals surface area contributed by atoms with E-state index < -0.39 is 35.4 Å². The Balaban J connectivity index is 1.51. The lowest BCUT2D eigenvalue weighted by Gasteiger charge is -2.19. The molecule has 2 aromatic carbocycles. The summed E-state index contributed by atoms with van der Waals surface area (Å²) in [6.45, 7) is 2.12. The molecule has 216 valence electrons. The molecule has 2 aliphatic rings. The minimum absolute atomic E-state index is 0.0220. The van der Waals surface area contributed by atoms with Crippen LogP contribution in [-0.2, 0) is 15.7 Å². The Labute approximate surface area is 236 Å². The summed E-state index contributed by atoms with van der Waals surface area (Å²) in [7, 11) is 1.17. The molecule has 8 nitrogen and oxygen atoms in total. The summed E-state index contributed by atoms with van der Waals surface area (Å²) in [5.41, 5.74) is -0.462. The van der Waals surface area contributed by atoms with E-state index in [1.807, 2.05) is 6.92 Å². The number of nitrogens with zero attached hydrogens (tertiary/aromatic N) is 5. The monoisotopic (exact) mass is 583 g/mol. The lowest BCUT2D eigenvalue weighted by atomic mass is 10.0. The van der Waals surface area contributed by atoms with Crippen LogP contribution in [0.15, 0.2) is 67.1 Å². The Morgan fingerprint density at radius 2 is 1.76 bits per heavy atom. The standard InChI is InChI=1S/C29H22F5N5O3/c1-3-11-42-17-8-9-18(20(12-17)29(32,33)34)22-10-7-16(13-35-22)26(28(40)41-2)39-15-24-23(14-36-39)37-27(38-24)19-5-4-6-21(30)25(19)31/h4-10,12-15,26H,3,11H2,1-2H3. The molecule has 5 rings (SSSR count). The molecule has 0 spiro atoms. The highest BCUT2D eigenvalue weighted by Crippen LogP contribution is 2.39. The van der Waals surface area contributed by atoms with E-state index in [0.717, 1.165) is 12.1 Å². The molecule has 0 aliphatic carbocycles. The van der Waals surface area contributed by atoms with Crippen LogP contribution in [0, 0.1) is 11.6 Å². The maximum atomic E-state index is 14.3. The predicted molar refractivity (Wildman–Crippen MR) is 140 cm³/mol. The number of pyridine rings is 1. The highest BCUT2D eigenvalue weighted by atomic mass is 19.4.